The monoisotopic (exact) mass is 371 g/mol. The van der Waals surface area contributed by atoms with Crippen LogP contribution in [0.3, 0.4) is 0 Å². The van der Waals surface area contributed by atoms with Crippen LogP contribution in [0.5, 0.6) is 5.75 Å². The minimum Gasteiger partial charge on any atom is -0.497 e. The Morgan fingerprint density at radius 2 is 2.07 bits per heavy atom. The fourth-order valence-electron chi connectivity index (χ4n) is 3.64. The number of carbonyl (C=O) groups is 1. The lowest BCUT2D eigenvalue weighted by atomic mass is 10.1. The molecule has 1 aromatic carbocycles. The van der Waals surface area contributed by atoms with Gasteiger partial charge in [0.05, 0.1) is 13.7 Å². The van der Waals surface area contributed by atoms with Crippen molar-refractivity contribution in [2.75, 3.05) is 44.9 Å². The Morgan fingerprint density at radius 1 is 1.30 bits per heavy atom. The first-order valence-electron chi connectivity index (χ1n) is 9.51. The van der Waals surface area contributed by atoms with Crippen LogP contribution in [-0.2, 0) is 4.74 Å². The highest BCUT2D eigenvalue weighted by atomic mass is 16.5. The number of hydrogen-bond donors (Lipinski definition) is 1. The average molecular weight is 371 g/mol. The number of nitrogens with zero attached hydrogens (tertiary/aromatic N) is 2. The molecule has 1 N–H and O–H groups in total. The lowest BCUT2D eigenvalue weighted by Gasteiger charge is -2.16. The van der Waals surface area contributed by atoms with Crippen LogP contribution in [0.1, 0.15) is 29.6 Å². The lowest BCUT2D eigenvalue weighted by molar-refractivity contribution is 0.0945. The van der Waals surface area contributed by atoms with Crippen molar-refractivity contribution >= 4 is 11.7 Å². The van der Waals surface area contributed by atoms with Crippen LogP contribution in [-0.4, -0.2) is 51.0 Å². The highest BCUT2D eigenvalue weighted by Gasteiger charge is 2.29. The number of anilines is 1. The fourth-order valence-corrected chi connectivity index (χ4v) is 3.64. The Balaban J connectivity index is 1.62. The molecular weight excluding hydrogens is 346 g/mol. The molecule has 4 rings (SSSR count). The smallest absolute Gasteiger partial charge is 0.259 e. The van der Waals surface area contributed by atoms with Crippen molar-refractivity contribution < 1.29 is 18.8 Å². The Hall–Kier alpha value is -2.54. The molecule has 2 aromatic rings. The molecule has 2 aliphatic heterocycles. The van der Waals surface area contributed by atoms with Gasteiger partial charge >= 0.3 is 0 Å². The van der Waals surface area contributed by atoms with Gasteiger partial charge in [0.15, 0.2) is 11.6 Å². The first-order valence-corrected chi connectivity index (χ1v) is 9.51. The Morgan fingerprint density at radius 3 is 2.74 bits per heavy atom. The molecule has 3 heterocycles. The highest BCUT2D eigenvalue weighted by Crippen LogP contribution is 2.33. The summed E-state index contributed by atoms with van der Waals surface area (Å²) in [5, 5.41) is 7.31. The van der Waals surface area contributed by atoms with E-state index < -0.39 is 0 Å². The summed E-state index contributed by atoms with van der Waals surface area (Å²) in [6.07, 6.45) is 3.19. The van der Waals surface area contributed by atoms with Crippen molar-refractivity contribution in [2.45, 2.75) is 19.3 Å². The number of methoxy groups -OCH3 is 1. The number of amides is 1. The van der Waals surface area contributed by atoms with E-state index in [4.69, 9.17) is 14.0 Å². The average Bonchev–Trinajstić information content (AvgIpc) is 3.47. The van der Waals surface area contributed by atoms with Crippen LogP contribution < -0.4 is 15.0 Å². The van der Waals surface area contributed by atoms with E-state index in [1.54, 1.807) is 7.11 Å². The summed E-state index contributed by atoms with van der Waals surface area (Å²) in [5.41, 5.74) is 1.32. The van der Waals surface area contributed by atoms with Crippen molar-refractivity contribution in [3.8, 4) is 17.1 Å². The van der Waals surface area contributed by atoms with Gasteiger partial charge in [0.1, 0.15) is 11.3 Å². The maximum Gasteiger partial charge on any atom is 0.259 e. The number of rotatable bonds is 6. The van der Waals surface area contributed by atoms with Crippen LogP contribution >= 0.6 is 0 Å². The second-order valence-corrected chi connectivity index (χ2v) is 7.07. The van der Waals surface area contributed by atoms with E-state index in [9.17, 15) is 4.79 Å². The van der Waals surface area contributed by atoms with Gasteiger partial charge in [0.25, 0.3) is 5.91 Å². The molecule has 1 amide bonds. The third-order valence-corrected chi connectivity index (χ3v) is 5.23. The maximum atomic E-state index is 13.1. The lowest BCUT2D eigenvalue weighted by Crippen LogP contribution is -2.31. The van der Waals surface area contributed by atoms with Crippen LogP contribution in [0.15, 0.2) is 28.8 Å². The van der Waals surface area contributed by atoms with Crippen molar-refractivity contribution in [1.82, 2.24) is 10.5 Å². The third-order valence-electron chi connectivity index (χ3n) is 5.23. The molecule has 27 heavy (non-hydrogen) atoms. The molecule has 7 heteroatoms. The quantitative estimate of drug-likeness (QED) is 0.841. The zero-order valence-corrected chi connectivity index (χ0v) is 15.6. The van der Waals surface area contributed by atoms with Gasteiger partial charge in [-0.05, 0) is 43.5 Å². The molecule has 0 aliphatic carbocycles. The number of hydrogen-bond acceptors (Lipinski definition) is 6. The van der Waals surface area contributed by atoms with Gasteiger partial charge in [-0.2, -0.15) is 0 Å². The predicted octanol–water partition coefficient (Wildman–Crippen LogP) is 2.72. The molecule has 0 radical (unpaired) electrons. The number of carbonyl (C=O) groups excluding carboxylic acids is 1. The second-order valence-electron chi connectivity index (χ2n) is 7.07. The van der Waals surface area contributed by atoms with Gasteiger partial charge in [0.2, 0.25) is 0 Å². The number of aromatic nitrogens is 1. The molecule has 0 bridgehead atoms. The zero-order chi connectivity index (χ0) is 18.6. The molecule has 0 saturated carbocycles. The Labute approximate surface area is 158 Å². The number of nitrogens with one attached hydrogen (secondary N) is 1. The van der Waals surface area contributed by atoms with Crippen LogP contribution in [0.4, 0.5) is 5.82 Å². The summed E-state index contributed by atoms with van der Waals surface area (Å²) in [5.74, 6) is 2.12. The Kier molecular flexibility index (Phi) is 5.29. The Bertz CT molecular complexity index is 775. The van der Waals surface area contributed by atoms with Gasteiger partial charge in [-0.1, -0.05) is 5.16 Å². The number of benzene rings is 1. The van der Waals surface area contributed by atoms with E-state index in [1.807, 2.05) is 24.3 Å². The summed E-state index contributed by atoms with van der Waals surface area (Å²) >= 11 is 0. The normalized spacial score (nSPS) is 19.4. The molecular formula is C20H25N3O4. The zero-order valence-electron chi connectivity index (χ0n) is 15.6. The minimum absolute atomic E-state index is 0.143. The molecule has 2 saturated heterocycles. The van der Waals surface area contributed by atoms with E-state index in [0.29, 0.717) is 36.2 Å². The molecule has 1 unspecified atom stereocenters. The molecule has 144 valence electrons. The summed E-state index contributed by atoms with van der Waals surface area (Å²) in [6.45, 7) is 3.86. The van der Waals surface area contributed by atoms with E-state index >= 15 is 0 Å². The van der Waals surface area contributed by atoms with Gasteiger partial charge in [0, 0.05) is 37.7 Å². The fraction of sp³-hybridized carbons (Fsp3) is 0.500. The first kappa shape index (κ1) is 17.9. The molecule has 0 spiro atoms. The van der Waals surface area contributed by atoms with Crippen molar-refractivity contribution in [3.63, 3.8) is 0 Å². The molecule has 1 atom stereocenters. The minimum atomic E-state index is -0.143. The number of ether oxygens (including phenoxy) is 2. The summed E-state index contributed by atoms with van der Waals surface area (Å²) in [6, 6.07) is 7.47. The topological polar surface area (TPSA) is 76.8 Å². The third kappa shape index (κ3) is 3.78. The van der Waals surface area contributed by atoms with Crippen LogP contribution in [0, 0.1) is 5.92 Å². The van der Waals surface area contributed by atoms with Gasteiger partial charge < -0.3 is 24.2 Å². The molecule has 2 fully saturated rings. The van der Waals surface area contributed by atoms with Crippen LogP contribution in [0.25, 0.3) is 11.3 Å². The van der Waals surface area contributed by atoms with E-state index in [2.05, 4.69) is 15.4 Å². The van der Waals surface area contributed by atoms with Gasteiger partial charge in [-0.15, -0.1) is 0 Å². The standard InChI is InChI=1S/C20H25N3O4/c1-25-16-6-4-15(5-7-16)18-17(19(22-27-18)23-9-2-3-10-23)20(24)21-12-14-8-11-26-13-14/h4-7,14H,2-3,8-13H2,1H3,(H,21,24). The summed E-state index contributed by atoms with van der Waals surface area (Å²) in [7, 11) is 1.63. The van der Waals surface area contributed by atoms with Crippen molar-refractivity contribution in [2.24, 2.45) is 5.92 Å². The molecule has 1 aromatic heterocycles. The van der Waals surface area contributed by atoms with Gasteiger partial charge in [-0.25, -0.2) is 0 Å². The second kappa shape index (κ2) is 8.00. The SMILES string of the molecule is COc1ccc(-c2onc(N3CCCC3)c2C(=O)NCC2CCOC2)cc1. The molecule has 7 nitrogen and oxygen atoms in total. The van der Waals surface area contributed by atoms with Gasteiger partial charge in [-0.3, -0.25) is 4.79 Å². The highest BCUT2D eigenvalue weighted by molar-refractivity contribution is 6.04. The van der Waals surface area contributed by atoms with E-state index in [-0.39, 0.29) is 5.91 Å². The summed E-state index contributed by atoms with van der Waals surface area (Å²) < 4.78 is 16.3. The van der Waals surface area contributed by atoms with Crippen molar-refractivity contribution in [3.05, 3.63) is 29.8 Å². The summed E-state index contributed by atoms with van der Waals surface area (Å²) in [4.78, 5) is 15.2. The van der Waals surface area contributed by atoms with Crippen molar-refractivity contribution in [1.29, 1.82) is 0 Å². The predicted molar refractivity (Wildman–Crippen MR) is 101 cm³/mol. The van der Waals surface area contributed by atoms with E-state index in [0.717, 1.165) is 50.3 Å². The first-order chi connectivity index (χ1) is 13.3. The van der Waals surface area contributed by atoms with Crippen LogP contribution in [0.2, 0.25) is 0 Å². The maximum absolute atomic E-state index is 13.1. The largest absolute Gasteiger partial charge is 0.497 e. The molecule has 2 aliphatic rings. The van der Waals surface area contributed by atoms with E-state index in [1.165, 1.54) is 0 Å².